The van der Waals surface area contributed by atoms with Crippen LogP contribution in [0.2, 0.25) is 0 Å². The van der Waals surface area contributed by atoms with Crippen LogP contribution in [-0.2, 0) is 4.74 Å². The SMILES string of the molecule is [CH2-]C1=N[C@H](C(C)C)CO1.[Li+]. The summed E-state index contributed by atoms with van der Waals surface area (Å²) in [6, 6.07) is 0.345. The van der Waals surface area contributed by atoms with Crippen molar-refractivity contribution in [3.63, 3.8) is 0 Å². The first-order chi connectivity index (χ1) is 4.20. The predicted molar refractivity (Wildman–Crippen MR) is 37.4 cm³/mol. The van der Waals surface area contributed by atoms with Gasteiger partial charge < -0.3 is 11.7 Å². The summed E-state index contributed by atoms with van der Waals surface area (Å²) in [5.41, 5.74) is 0. The molecule has 0 radical (unpaired) electrons. The summed E-state index contributed by atoms with van der Waals surface area (Å²) >= 11 is 0. The molecule has 1 heterocycles. The number of nitrogens with zero attached hydrogens (tertiary/aromatic N) is 1. The maximum absolute atomic E-state index is 5.07. The van der Waals surface area contributed by atoms with Gasteiger partial charge >= 0.3 is 18.9 Å². The summed E-state index contributed by atoms with van der Waals surface area (Å²) in [6.45, 7) is 8.59. The smallest absolute Gasteiger partial charge is 0.508 e. The second-order valence-corrected chi connectivity index (χ2v) is 2.65. The molecule has 1 aliphatic rings. The molecule has 0 aromatic rings. The number of hydrogen-bond acceptors (Lipinski definition) is 2. The van der Waals surface area contributed by atoms with Gasteiger partial charge in [0.1, 0.15) is 6.61 Å². The van der Waals surface area contributed by atoms with Crippen LogP contribution in [0.25, 0.3) is 0 Å². The Kier molecular flexibility index (Phi) is 3.93. The quantitative estimate of drug-likeness (QED) is 0.308. The van der Waals surface area contributed by atoms with Crippen molar-refractivity contribution < 1.29 is 23.6 Å². The molecule has 0 saturated heterocycles. The van der Waals surface area contributed by atoms with E-state index in [0.29, 0.717) is 17.9 Å². The standard InChI is InChI=1S/C7H12NO.Li/c1-5(2)7-4-9-6(3)8-7;/h5,7H,3-4H2,1-2H3;/q-1;+1/t7-;/m0./s1. The Bertz CT molecular complexity index is 134. The fourth-order valence-corrected chi connectivity index (χ4v) is 0.783. The van der Waals surface area contributed by atoms with Crippen LogP contribution in [-0.4, -0.2) is 18.5 Å². The molecule has 2 nitrogen and oxygen atoms in total. The number of aliphatic imine (C=N–C) groups is 1. The van der Waals surface area contributed by atoms with Crippen LogP contribution in [0.3, 0.4) is 0 Å². The zero-order chi connectivity index (χ0) is 6.85. The van der Waals surface area contributed by atoms with Gasteiger partial charge in [-0.3, -0.25) is 4.99 Å². The summed E-state index contributed by atoms with van der Waals surface area (Å²) in [5, 5.41) is 0. The van der Waals surface area contributed by atoms with Gasteiger partial charge in [-0.05, 0) is 5.92 Å². The van der Waals surface area contributed by atoms with Crippen molar-refractivity contribution in [2.75, 3.05) is 6.61 Å². The average Bonchev–Trinajstić information content (AvgIpc) is 2.14. The van der Waals surface area contributed by atoms with E-state index in [2.05, 4.69) is 25.8 Å². The third-order valence-electron chi connectivity index (χ3n) is 1.50. The molecule has 1 atom stereocenters. The molecule has 0 spiro atoms. The largest absolute Gasteiger partial charge is 1.00 e. The van der Waals surface area contributed by atoms with Gasteiger partial charge in [0.15, 0.2) is 0 Å². The first-order valence-corrected chi connectivity index (χ1v) is 3.22. The van der Waals surface area contributed by atoms with E-state index >= 15 is 0 Å². The molecular formula is C7H12LiNO. The molecule has 1 aliphatic heterocycles. The van der Waals surface area contributed by atoms with E-state index in [1.54, 1.807) is 0 Å². The molecule has 0 unspecified atom stereocenters. The Hall–Kier alpha value is -0.0626. The van der Waals surface area contributed by atoms with Gasteiger partial charge in [-0.25, -0.2) is 0 Å². The fourth-order valence-electron chi connectivity index (χ4n) is 0.783. The van der Waals surface area contributed by atoms with Crippen molar-refractivity contribution in [1.82, 2.24) is 0 Å². The zero-order valence-corrected chi connectivity index (χ0v) is 6.92. The molecule has 1 rings (SSSR count). The number of ether oxygens (including phenoxy) is 1. The third-order valence-corrected chi connectivity index (χ3v) is 1.50. The molecule has 0 fully saturated rings. The second kappa shape index (κ2) is 3.95. The van der Waals surface area contributed by atoms with Gasteiger partial charge in [0.05, 0.1) is 6.04 Å². The van der Waals surface area contributed by atoms with Gasteiger partial charge in [-0.15, -0.1) is 0 Å². The molecule has 0 saturated carbocycles. The molecule has 0 bridgehead atoms. The van der Waals surface area contributed by atoms with Gasteiger partial charge in [0, 0.05) is 5.90 Å². The fraction of sp³-hybridized carbons (Fsp3) is 0.714. The first-order valence-electron chi connectivity index (χ1n) is 3.22. The van der Waals surface area contributed by atoms with E-state index in [1.807, 2.05) is 0 Å². The summed E-state index contributed by atoms with van der Waals surface area (Å²) in [4.78, 5) is 4.17. The Balaban J connectivity index is 0.000000810. The van der Waals surface area contributed by atoms with Crippen LogP contribution in [0.1, 0.15) is 13.8 Å². The topological polar surface area (TPSA) is 21.6 Å². The van der Waals surface area contributed by atoms with E-state index in [1.165, 1.54) is 0 Å². The molecule has 0 aromatic carbocycles. The Morgan fingerprint density at radius 2 is 2.30 bits per heavy atom. The molecule has 0 aromatic heterocycles. The summed E-state index contributed by atoms with van der Waals surface area (Å²) in [7, 11) is 0. The van der Waals surface area contributed by atoms with E-state index < -0.39 is 0 Å². The summed E-state index contributed by atoms with van der Waals surface area (Å²) in [5.74, 6) is 1.16. The van der Waals surface area contributed by atoms with Crippen molar-refractivity contribution in [2.24, 2.45) is 10.9 Å². The minimum Gasteiger partial charge on any atom is -0.508 e. The summed E-state index contributed by atoms with van der Waals surface area (Å²) < 4.78 is 5.07. The predicted octanol–water partition coefficient (Wildman–Crippen LogP) is -1.72. The van der Waals surface area contributed by atoms with Crippen molar-refractivity contribution in [3.05, 3.63) is 6.92 Å². The second-order valence-electron chi connectivity index (χ2n) is 2.65. The van der Waals surface area contributed by atoms with E-state index in [4.69, 9.17) is 4.74 Å². The maximum atomic E-state index is 5.07. The van der Waals surface area contributed by atoms with Gasteiger partial charge in [-0.2, -0.15) is 0 Å². The third kappa shape index (κ3) is 2.28. The van der Waals surface area contributed by atoms with E-state index in [9.17, 15) is 0 Å². The average molecular weight is 133 g/mol. The van der Waals surface area contributed by atoms with Crippen LogP contribution >= 0.6 is 0 Å². The molecular weight excluding hydrogens is 121 g/mol. The van der Waals surface area contributed by atoms with Crippen molar-refractivity contribution in [1.29, 1.82) is 0 Å². The van der Waals surface area contributed by atoms with Gasteiger partial charge in [0.2, 0.25) is 0 Å². The normalized spacial score (nSPS) is 23.5. The van der Waals surface area contributed by atoms with Crippen molar-refractivity contribution in [2.45, 2.75) is 19.9 Å². The molecule has 0 aliphatic carbocycles. The number of rotatable bonds is 1. The minimum absolute atomic E-state index is 0. The van der Waals surface area contributed by atoms with Crippen molar-refractivity contribution >= 4 is 5.90 Å². The molecule has 52 valence electrons. The van der Waals surface area contributed by atoms with E-state index in [0.717, 1.165) is 6.61 Å². The van der Waals surface area contributed by atoms with Gasteiger partial charge in [-0.1, -0.05) is 13.8 Å². The van der Waals surface area contributed by atoms with E-state index in [-0.39, 0.29) is 18.9 Å². The molecule has 10 heavy (non-hydrogen) atoms. The van der Waals surface area contributed by atoms with Crippen LogP contribution < -0.4 is 18.9 Å². The molecule has 0 N–H and O–H groups in total. The van der Waals surface area contributed by atoms with Crippen molar-refractivity contribution in [3.8, 4) is 0 Å². The minimum atomic E-state index is 0. The molecule has 0 amide bonds. The van der Waals surface area contributed by atoms with Crippen LogP contribution in [0.15, 0.2) is 4.99 Å². The van der Waals surface area contributed by atoms with Crippen LogP contribution in [0.5, 0.6) is 0 Å². The Morgan fingerprint density at radius 3 is 2.50 bits per heavy atom. The van der Waals surface area contributed by atoms with Crippen LogP contribution in [0, 0.1) is 12.8 Å². The van der Waals surface area contributed by atoms with Crippen LogP contribution in [0.4, 0.5) is 0 Å². The monoisotopic (exact) mass is 133 g/mol. The van der Waals surface area contributed by atoms with Gasteiger partial charge in [0.25, 0.3) is 0 Å². The Labute approximate surface area is 74.2 Å². The zero-order valence-electron chi connectivity index (χ0n) is 6.92. The first kappa shape index (κ1) is 9.94. The number of hydrogen-bond donors (Lipinski definition) is 0. The molecule has 3 heteroatoms. The Morgan fingerprint density at radius 1 is 1.70 bits per heavy atom. The summed E-state index contributed by atoms with van der Waals surface area (Å²) in [6.07, 6.45) is 0. The maximum Gasteiger partial charge on any atom is 1.00 e.